The number of rotatable bonds is 9. The van der Waals surface area contributed by atoms with Crippen LogP contribution in [0, 0.1) is 12.8 Å². The molecule has 1 aliphatic carbocycles. The smallest absolute Gasteiger partial charge is 0.324 e. The van der Waals surface area contributed by atoms with Gasteiger partial charge in [0.25, 0.3) is 5.91 Å². The number of sulfonamides is 1. The number of esters is 1. The van der Waals surface area contributed by atoms with Gasteiger partial charge in [-0.1, -0.05) is 31.5 Å². The number of carbonyl (C=O) groups is 3. The van der Waals surface area contributed by atoms with E-state index in [1.54, 1.807) is 12.1 Å². The predicted octanol–water partition coefficient (Wildman–Crippen LogP) is 1.22. The molecule has 1 saturated carbocycles. The maximum absolute atomic E-state index is 12.6. The van der Waals surface area contributed by atoms with Gasteiger partial charge >= 0.3 is 12.0 Å². The fraction of sp³-hybridized carbons (Fsp3) is 0.526. The molecule has 0 aliphatic heterocycles. The number of urea groups is 1. The molecule has 0 bridgehead atoms. The van der Waals surface area contributed by atoms with Crippen LogP contribution >= 0.6 is 0 Å². The monoisotopic (exact) mass is 425 g/mol. The van der Waals surface area contributed by atoms with Gasteiger partial charge in [-0.25, -0.2) is 13.2 Å². The van der Waals surface area contributed by atoms with Crippen LogP contribution in [-0.2, 0) is 24.3 Å². The lowest BCUT2D eigenvalue weighted by Gasteiger charge is -2.19. The van der Waals surface area contributed by atoms with Crippen LogP contribution in [0.5, 0.6) is 0 Å². The molecule has 1 fully saturated rings. The van der Waals surface area contributed by atoms with Gasteiger partial charge in [0, 0.05) is 6.04 Å². The van der Waals surface area contributed by atoms with E-state index in [1.807, 2.05) is 20.8 Å². The first-order valence-electron chi connectivity index (χ1n) is 9.43. The number of nitrogens with one attached hydrogen (secondary N) is 3. The van der Waals surface area contributed by atoms with E-state index in [-0.39, 0.29) is 23.3 Å². The highest BCUT2D eigenvalue weighted by molar-refractivity contribution is 7.89. The number of benzene rings is 1. The van der Waals surface area contributed by atoms with Crippen molar-refractivity contribution in [2.24, 2.45) is 5.92 Å². The topological polar surface area (TPSA) is 131 Å². The molecule has 3 N–H and O–H groups in total. The Hall–Kier alpha value is -2.46. The Bertz CT molecular complexity index is 847. The molecular weight excluding hydrogens is 398 g/mol. The van der Waals surface area contributed by atoms with Crippen LogP contribution in [0.2, 0.25) is 0 Å². The van der Waals surface area contributed by atoms with Crippen molar-refractivity contribution in [3.05, 3.63) is 29.8 Å². The molecule has 1 aromatic carbocycles. The highest BCUT2D eigenvalue weighted by Crippen LogP contribution is 2.18. The summed E-state index contributed by atoms with van der Waals surface area (Å²) in [6.07, 6.45) is 1.93. The third kappa shape index (κ3) is 7.82. The Labute approximate surface area is 170 Å². The number of ether oxygens (including phenoxy) is 1. The van der Waals surface area contributed by atoms with E-state index in [9.17, 15) is 22.8 Å². The number of aryl methyl sites for hydroxylation is 1. The van der Waals surface area contributed by atoms with Crippen molar-refractivity contribution in [2.45, 2.75) is 57.0 Å². The van der Waals surface area contributed by atoms with Crippen molar-refractivity contribution in [1.82, 2.24) is 15.4 Å². The van der Waals surface area contributed by atoms with Crippen LogP contribution in [0.15, 0.2) is 29.2 Å². The summed E-state index contributed by atoms with van der Waals surface area (Å²) in [5.74, 6) is -1.68. The summed E-state index contributed by atoms with van der Waals surface area (Å²) in [7, 11) is -3.95. The van der Waals surface area contributed by atoms with E-state index in [4.69, 9.17) is 4.74 Å². The molecular formula is C19H27N3O6S. The van der Waals surface area contributed by atoms with Crippen LogP contribution < -0.4 is 15.4 Å². The fourth-order valence-corrected chi connectivity index (χ4v) is 3.68. The first-order valence-corrected chi connectivity index (χ1v) is 10.9. The zero-order valence-corrected chi connectivity index (χ0v) is 17.5. The number of hydrogen-bond acceptors (Lipinski definition) is 6. The lowest BCUT2D eigenvalue weighted by Crippen LogP contribution is -2.45. The van der Waals surface area contributed by atoms with Crippen molar-refractivity contribution in [1.29, 1.82) is 0 Å². The van der Waals surface area contributed by atoms with E-state index in [0.717, 1.165) is 18.4 Å². The summed E-state index contributed by atoms with van der Waals surface area (Å²) in [5.41, 5.74) is 0.902. The van der Waals surface area contributed by atoms with Gasteiger partial charge in [-0.15, -0.1) is 0 Å². The Morgan fingerprint density at radius 3 is 2.31 bits per heavy atom. The molecule has 1 atom stereocenters. The van der Waals surface area contributed by atoms with Crippen molar-refractivity contribution >= 4 is 27.9 Å². The molecule has 29 heavy (non-hydrogen) atoms. The highest BCUT2D eigenvalue weighted by Gasteiger charge is 2.29. The number of hydrogen-bond donors (Lipinski definition) is 3. The highest BCUT2D eigenvalue weighted by atomic mass is 32.2. The van der Waals surface area contributed by atoms with E-state index >= 15 is 0 Å². The van der Waals surface area contributed by atoms with Gasteiger partial charge in [-0.3, -0.25) is 14.9 Å². The van der Waals surface area contributed by atoms with Crippen LogP contribution in [0.1, 0.15) is 38.7 Å². The normalized spacial score (nSPS) is 14.9. The average Bonchev–Trinajstić information content (AvgIpc) is 3.42. The summed E-state index contributed by atoms with van der Waals surface area (Å²) in [5, 5.41) is 4.63. The van der Waals surface area contributed by atoms with Gasteiger partial charge < -0.3 is 10.1 Å². The van der Waals surface area contributed by atoms with Crippen molar-refractivity contribution < 1.29 is 27.5 Å². The van der Waals surface area contributed by atoms with E-state index < -0.39 is 40.6 Å². The fourth-order valence-electron chi connectivity index (χ4n) is 2.49. The third-order valence-electron chi connectivity index (χ3n) is 4.13. The van der Waals surface area contributed by atoms with E-state index in [1.165, 1.54) is 12.1 Å². The molecule has 9 nitrogen and oxygen atoms in total. The molecule has 10 heteroatoms. The van der Waals surface area contributed by atoms with Gasteiger partial charge in [0.2, 0.25) is 10.0 Å². The van der Waals surface area contributed by atoms with Crippen LogP contribution in [0.4, 0.5) is 4.79 Å². The Balaban J connectivity index is 1.95. The summed E-state index contributed by atoms with van der Waals surface area (Å²) < 4.78 is 32.4. The SMILES string of the molecule is Cc1ccc(S(=O)(=O)N[C@@H](CC(C)C)C(=O)OCC(=O)NC(=O)NC2CC2)cc1. The maximum atomic E-state index is 12.6. The molecule has 0 aromatic heterocycles. The lowest BCUT2D eigenvalue weighted by atomic mass is 10.1. The molecule has 0 spiro atoms. The average molecular weight is 426 g/mol. The maximum Gasteiger partial charge on any atom is 0.324 e. The van der Waals surface area contributed by atoms with Crippen molar-refractivity contribution in [3.63, 3.8) is 0 Å². The first-order chi connectivity index (χ1) is 13.6. The summed E-state index contributed by atoms with van der Waals surface area (Å²) in [6, 6.07) is 4.48. The minimum Gasteiger partial charge on any atom is -0.454 e. The summed E-state index contributed by atoms with van der Waals surface area (Å²) in [6.45, 7) is 4.81. The standard InChI is InChI=1S/C19H27N3O6S/c1-12(2)10-16(22-29(26,27)15-8-4-13(3)5-9-15)18(24)28-11-17(23)21-19(25)20-14-6-7-14/h4-5,8-9,12,14,16,22H,6-7,10-11H2,1-3H3,(H2,20,21,23,25)/t16-/m0/s1. The predicted molar refractivity (Wildman–Crippen MR) is 105 cm³/mol. The molecule has 3 amide bonds. The van der Waals surface area contributed by atoms with Crippen molar-refractivity contribution in [2.75, 3.05) is 6.61 Å². The van der Waals surface area contributed by atoms with Gasteiger partial charge in [0.05, 0.1) is 4.90 Å². The second-order valence-electron chi connectivity index (χ2n) is 7.52. The minimum absolute atomic E-state index is 0.00795. The zero-order valence-electron chi connectivity index (χ0n) is 16.7. The quantitative estimate of drug-likeness (QED) is 0.510. The number of carbonyl (C=O) groups excluding carboxylic acids is 3. The van der Waals surface area contributed by atoms with Crippen LogP contribution in [0.25, 0.3) is 0 Å². The van der Waals surface area contributed by atoms with Crippen molar-refractivity contribution in [3.8, 4) is 0 Å². The molecule has 0 radical (unpaired) electrons. The second kappa shape index (κ2) is 9.84. The molecule has 1 aliphatic rings. The molecule has 0 saturated heterocycles. The van der Waals surface area contributed by atoms with Crippen LogP contribution in [0.3, 0.4) is 0 Å². The van der Waals surface area contributed by atoms with E-state index in [2.05, 4.69) is 15.4 Å². The molecule has 160 valence electrons. The second-order valence-corrected chi connectivity index (χ2v) is 9.23. The molecule has 0 heterocycles. The first kappa shape index (κ1) is 22.8. The zero-order chi connectivity index (χ0) is 21.6. The lowest BCUT2D eigenvalue weighted by molar-refractivity contribution is -0.150. The molecule has 1 aromatic rings. The summed E-state index contributed by atoms with van der Waals surface area (Å²) in [4.78, 5) is 35.7. The Morgan fingerprint density at radius 2 is 1.76 bits per heavy atom. The minimum atomic E-state index is -3.95. The van der Waals surface area contributed by atoms with Gasteiger partial charge in [-0.2, -0.15) is 4.72 Å². The van der Waals surface area contributed by atoms with Gasteiger partial charge in [0.1, 0.15) is 6.04 Å². The third-order valence-corrected chi connectivity index (χ3v) is 5.62. The van der Waals surface area contributed by atoms with Gasteiger partial charge in [0.15, 0.2) is 6.61 Å². The molecule has 2 rings (SSSR count). The summed E-state index contributed by atoms with van der Waals surface area (Å²) >= 11 is 0. The number of amides is 3. The van der Waals surface area contributed by atoms with Crippen LogP contribution in [-0.4, -0.2) is 45.0 Å². The number of imide groups is 1. The largest absolute Gasteiger partial charge is 0.454 e. The van der Waals surface area contributed by atoms with Gasteiger partial charge in [-0.05, 0) is 44.2 Å². The van der Waals surface area contributed by atoms with E-state index in [0.29, 0.717) is 0 Å². The Morgan fingerprint density at radius 1 is 1.14 bits per heavy atom. The molecule has 0 unspecified atom stereocenters. The Kier molecular flexibility index (Phi) is 7.74.